The summed E-state index contributed by atoms with van der Waals surface area (Å²) in [4.78, 5) is 31.5. The fourth-order valence-electron chi connectivity index (χ4n) is 4.20. The summed E-state index contributed by atoms with van der Waals surface area (Å²) in [5.41, 5.74) is 8.72. The highest BCUT2D eigenvalue weighted by Gasteiger charge is 2.27. The van der Waals surface area contributed by atoms with Crippen LogP contribution < -0.4 is 10.5 Å². The Hall–Kier alpha value is -3.41. The van der Waals surface area contributed by atoms with Crippen LogP contribution in [-0.2, 0) is 11.2 Å². The largest absolute Gasteiger partial charge is 0.494 e. The number of rotatable bonds is 6. The van der Waals surface area contributed by atoms with Gasteiger partial charge in [-0.05, 0) is 49.6 Å². The van der Waals surface area contributed by atoms with Crippen molar-refractivity contribution in [2.75, 3.05) is 19.7 Å². The van der Waals surface area contributed by atoms with Crippen molar-refractivity contribution in [3.05, 3.63) is 71.4 Å². The third-order valence-electron chi connectivity index (χ3n) is 5.84. The molecule has 160 valence electrons. The first-order valence-electron chi connectivity index (χ1n) is 10.7. The number of fused-ring (bicyclic) bond motifs is 1. The number of hydrogen-bond donors (Lipinski definition) is 1. The summed E-state index contributed by atoms with van der Waals surface area (Å²) in [7, 11) is 0. The van der Waals surface area contributed by atoms with Crippen molar-refractivity contribution in [2.45, 2.75) is 32.1 Å². The Morgan fingerprint density at radius 1 is 1.10 bits per heavy atom. The van der Waals surface area contributed by atoms with Gasteiger partial charge in [0.1, 0.15) is 5.75 Å². The molecule has 3 aromatic rings. The van der Waals surface area contributed by atoms with Gasteiger partial charge in [-0.2, -0.15) is 0 Å². The van der Waals surface area contributed by atoms with Crippen molar-refractivity contribution in [3.8, 4) is 5.75 Å². The van der Waals surface area contributed by atoms with Gasteiger partial charge in [0.2, 0.25) is 5.91 Å². The Bertz CT molecular complexity index is 1090. The van der Waals surface area contributed by atoms with Crippen LogP contribution in [0.4, 0.5) is 0 Å². The van der Waals surface area contributed by atoms with Crippen molar-refractivity contribution >= 4 is 22.7 Å². The normalized spacial score (nSPS) is 14.5. The number of likely N-dealkylation sites (tertiary alicyclic amines) is 1. The molecule has 6 nitrogen and oxygen atoms in total. The highest BCUT2D eigenvalue weighted by atomic mass is 16.5. The van der Waals surface area contributed by atoms with Gasteiger partial charge in [0, 0.05) is 24.4 Å². The number of para-hydroxylation sites is 1. The zero-order chi connectivity index (χ0) is 21.8. The summed E-state index contributed by atoms with van der Waals surface area (Å²) in [6.07, 6.45) is 1.90. The van der Waals surface area contributed by atoms with Gasteiger partial charge in [-0.3, -0.25) is 14.6 Å². The zero-order valence-electron chi connectivity index (χ0n) is 17.7. The van der Waals surface area contributed by atoms with E-state index in [1.54, 1.807) is 0 Å². The molecule has 4 rings (SSSR count). The second kappa shape index (κ2) is 9.16. The number of carbonyl (C=O) groups is 2. The molecule has 1 fully saturated rings. The smallest absolute Gasteiger partial charge is 0.250 e. The lowest BCUT2D eigenvalue weighted by Crippen LogP contribution is -2.39. The number of piperidine rings is 1. The van der Waals surface area contributed by atoms with Gasteiger partial charge in [0.15, 0.2) is 0 Å². The highest BCUT2D eigenvalue weighted by Crippen LogP contribution is 2.31. The Labute approximate surface area is 182 Å². The van der Waals surface area contributed by atoms with Gasteiger partial charge in [0.25, 0.3) is 5.91 Å². The molecule has 0 saturated carbocycles. The van der Waals surface area contributed by atoms with E-state index in [0.29, 0.717) is 31.7 Å². The van der Waals surface area contributed by atoms with Crippen molar-refractivity contribution in [1.82, 2.24) is 9.88 Å². The fourth-order valence-corrected chi connectivity index (χ4v) is 4.20. The highest BCUT2D eigenvalue weighted by molar-refractivity contribution is 5.97. The van der Waals surface area contributed by atoms with Crippen LogP contribution in [0.25, 0.3) is 10.9 Å². The van der Waals surface area contributed by atoms with Crippen LogP contribution in [0.2, 0.25) is 0 Å². The summed E-state index contributed by atoms with van der Waals surface area (Å²) >= 11 is 0. The number of carbonyl (C=O) groups excluding carboxylic acids is 2. The summed E-state index contributed by atoms with van der Waals surface area (Å²) in [6.45, 7) is 3.86. The maximum atomic E-state index is 12.8. The summed E-state index contributed by atoms with van der Waals surface area (Å²) in [5.74, 6) is 0.584. The molecule has 0 radical (unpaired) electrons. The topological polar surface area (TPSA) is 85.5 Å². The van der Waals surface area contributed by atoms with E-state index in [1.165, 1.54) is 0 Å². The average Bonchev–Trinajstić information content (AvgIpc) is 2.79. The van der Waals surface area contributed by atoms with E-state index < -0.39 is 5.91 Å². The van der Waals surface area contributed by atoms with Crippen LogP contribution in [0.5, 0.6) is 5.75 Å². The van der Waals surface area contributed by atoms with Crippen LogP contribution in [0.1, 0.15) is 47.3 Å². The fraction of sp³-hybridized carbons (Fsp3) is 0.320. The first-order chi connectivity index (χ1) is 15.0. The molecule has 2 aromatic carbocycles. The monoisotopic (exact) mass is 417 g/mol. The van der Waals surface area contributed by atoms with Crippen molar-refractivity contribution in [3.63, 3.8) is 0 Å². The number of amides is 2. The minimum Gasteiger partial charge on any atom is -0.494 e. The maximum absolute atomic E-state index is 12.8. The molecule has 31 heavy (non-hydrogen) atoms. The summed E-state index contributed by atoms with van der Waals surface area (Å²) in [6, 6.07) is 17.2. The van der Waals surface area contributed by atoms with Gasteiger partial charge >= 0.3 is 0 Å². The van der Waals surface area contributed by atoms with Gasteiger partial charge < -0.3 is 15.4 Å². The van der Waals surface area contributed by atoms with Crippen LogP contribution >= 0.6 is 0 Å². The van der Waals surface area contributed by atoms with Crippen molar-refractivity contribution in [1.29, 1.82) is 0 Å². The second-order valence-electron chi connectivity index (χ2n) is 7.89. The standard InChI is InChI=1S/C25H27N3O3/c1-2-31-20-9-7-17(8-10-20)15-23(29)28-13-11-18(12-14-28)24-21(25(26)30)16-19-5-3-4-6-22(19)27-24/h3-10,16,18H,2,11-15H2,1H3,(H2,26,30). The second-order valence-corrected chi connectivity index (χ2v) is 7.89. The lowest BCUT2D eigenvalue weighted by molar-refractivity contribution is -0.131. The number of benzene rings is 2. The van der Waals surface area contributed by atoms with Gasteiger partial charge in [-0.1, -0.05) is 30.3 Å². The predicted octanol–water partition coefficient (Wildman–Crippen LogP) is 3.68. The quantitative estimate of drug-likeness (QED) is 0.663. The molecule has 2 N–H and O–H groups in total. The van der Waals surface area contributed by atoms with Crippen LogP contribution in [0, 0.1) is 0 Å². The van der Waals surface area contributed by atoms with E-state index in [0.717, 1.165) is 40.8 Å². The number of ether oxygens (including phenoxy) is 1. The Morgan fingerprint density at radius 2 is 1.81 bits per heavy atom. The van der Waals surface area contributed by atoms with Crippen LogP contribution in [0.15, 0.2) is 54.6 Å². The maximum Gasteiger partial charge on any atom is 0.250 e. The van der Waals surface area contributed by atoms with Crippen molar-refractivity contribution in [2.24, 2.45) is 5.73 Å². The third-order valence-corrected chi connectivity index (χ3v) is 5.84. The first-order valence-corrected chi connectivity index (χ1v) is 10.7. The van der Waals surface area contributed by atoms with Crippen molar-refractivity contribution < 1.29 is 14.3 Å². The molecule has 6 heteroatoms. The molecular formula is C25H27N3O3. The number of nitrogens with zero attached hydrogens (tertiary/aromatic N) is 2. The van der Waals surface area contributed by atoms with E-state index in [2.05, 4.69) is 0 Å². The molecule has 2 heterocycles. The molecule has 1 aromatic heterocycles. The molecular weight excluding hydrogens is 390 g/mol. The van der Waals surface area contributed by atoms with Crippen LogP contribution in [0.3, 0.4) is 0 Å². The molecule has 0 aliphatic carbocycles. The average molecular weight is 418 g/mol. The van der Waals surface area contributed by atoms with E-state index in [4.69, 9.17) is 15.5 Å². The third kappa shape index (κ3) is 4.68. The Morgan fingerprint density at radius 3 is 2.48 bits per heavy atom. The SMILES string of the molecule is CCOc1ccc(CC(=O)N2CCC(c3nc4ccccc4cc3C(N)=O)CC2)cc1. The molecule has 1 aliphatic rings. The number of hydrogen-bond acceptors (Lipinski definition) is 4. The molecule has 0 bridgehead atoms. The number of aromatic nitrogens is 1. The first kappa shape index (κ1) is 20.8. The van der Waals surface area contributed by atoms with Gasteiger partial charge in [-0.15, -0.1) is 0 Å². The van der Waals surface area contributed by atoms with E-state index in [-0.39, 0.29) is 11.8 Å². The molecule has 1 aliphatic heterocycles. The van der Waals surface area contributed by atoms with Gasteiger partial charge in [0.05, 0.1) is 29.8 Å². The zero-order valence-corrected chi connectivity index (χ0v) is 17.7. The Balaban J connectivity index is 1.43. The Kier molecular flexibility index (Phi) is 6.16. The number of primary amides is 1. The lowest BCUT2D eigenvalue weighted by Gasteiger charge is -2.32. The number of pyridine rings is 1. The number of nitrogens with two attached hydrogens (primary N) is 1. The molecule has 1 saturated heterocycles. The van der Waals surface area contributed by atoms with Gasteiger partial charge in [-0.25, -0.2) is 0 Å². The lowest BCUT2D eigenvalue weighted by atomic mass is 9.89. The van der Waals surface area contributed by atoms with E-state index in [9.17, 15) is 9.59 Å². The minimum atomic E-state index is -0.456. The van der Waals surface area contributed by atoms with E-state index in [1.807, 2.05) is 66.4 Å². The molecule has 0 spiro atoms. The minimum absolute atomic E-state index is 0.113. The van der Waals surface area contributed by atoms with Crippen LogP contribution in [-0.4, -0.2) is 41.4 Å². The predicted molar refractivity (Wildman–Crippen MR) is 120 cm³/mol. The summed E-state index contributed by atoms with van der Waals surface area (Å²) < 4.78 is 5.46. The molecule has 0 unspecified atom stereocenters. The molecule has 0 atom stereocenters. The van der Waals surface area contributed by atoms with E-state index >= 15 is 0 Å². The molecule has 2 amide bonds. The summed E-state index contributed by atoms with van der Waals surface area (Å²) in [5, 5.41) is 0.906.